The van der Waals surface area contributed by atoms with Crippen LogP contribution in [0, 0.1) is 0 Å². The Morgan fingerprint density at radius 2 is 2.22 bits per heavy atom. The number of rotatable bonds is 3. The van der Waals surface area contributed by atoms with Gasteiger partial charge in [-0.05, 0) is 45.2 Å². The molecule has 0 bridgehead atoms. The van der Waals surface area contributed by atoms with Crippen molar-refractivity contribution in [3.05, 3.63) is 22.6 Å². The zero-order valence-corrected chi connectivity index (χ0v) is 17.2. The minimum Gasteiger partial charge on any atom is -0.370 e. The lowest BCUT2D eigenvalue weighted by Crippen LogP contribution is -2.38. The van der Waals surface area contributed by atoms with Gasteiger partial charge in [0.2, 0.25) is 0 Å². The predicted octanol–water partition coefficient (Wildman–Crippen LogP) is 3.95. The molecule has 2 aliphatic rings. The van der Waals surface area contributed by atoms with E-state index < -0.39 is 0 Å². The van der Waals surface area contributed by atoms with Gasteiger partial charge in [0.25, 0.3) is 0 Å². The molecule has 0 N–H and O–H groups in total. The van der Waals surface area contributed by atoms with Gasteiger partial charge in [0.05, 0.1) is 24.1 Å². The van der Waals surface area contributed by atoms with Crippen molar-refractivity contribution in [2.75, 3.05) is 6.54 Å². The first-order valence-electron chi connectivity index (χ1n) is 10.1. The van der Waals surface area contributed by atoms with E-state index in [4.69, 9.17) is 14.8 Å². The number of thiophene rings is 1. The molecule has 3 aromatic rings. The molecular weight excluding hydrogens is 358 g/mol. The number of fused-ring (bicyclic) bond motifs is 5. The second-order valence-electron chi connectivity index (χ2n) is 8.48. The molecule has 5 heterocycles. The third-order valence-corrected chi connectivity index (χ3v) is 7.13. The van der Waals surface area contributed by atoms with E-state index in [0.717, 1.165) is 35.8 Å². The molecule has 5 rings (SSSR count). The maximum atomic E-state index is 6.00. The van der Waals surface area contributed by atoms with Crippen LogP contribution in [0.25, 0.3) is 15.9 Å². The SMILES string of the molecule is CC[C@H]1CCCCN1Cc1nc2c3c4c(sc3ncn2n1)COC(C)(C)C4. The standard InChI is InChI=1S/C20H27N5OS/c1-4-13-7-5-6-8-24(13)10-16-22-18-17-14-9-20(2,3)26-11-15(14)27-19(17)21-12-25(18)23-16/h12-13H,4-11H2,1-3H3/t13-/m0/s1. The van der Waals surface area contributed by atoms with Gasteiger partial charge in [-0.3, -0.25) is 4.90 Å². The largest absolute Gasteiger partial charge is 0.370 e. The van der Waals surface area contributed by atoms with Crippen molar-refractivity contribution < 1.29 is 4.74 Å². The third kappa shape index (κ3) is 3.05. The Labute approximate surface area is 163 Å². The van der Waals surface area contributed by atoms with Crippen molar-refractivity contribution in [1.82, 2.24) is 24.5 Å². The molecule has 144 valence electrons. The molecular formula is C20H27N5OS. The molecule has 2 aliphatic heterocycles. The van der Waals surface area contributed by atoms with E-state index in [1.165, 1.54) is 41.5 Å². The van der Waals surface area contributed by atoms with Crippen molar-refractivity contribution >= 4 is 27.2 Å². The van der Waals surface area contributed by atoms with Gasteiger partial charge in [0, 0.05) is 17.3 Å². The van der Waals surface area contributed by atoms with E-state index in [2.05, 4.69) is 30.7 Å². The first-order chi connectivity index (χ1) is 13.0. The molecule has 1 atom stereocenters. The quantitative estimate of drug-likeness (QED) is 0.683. The highest BCUT2D eigenvalue weighted by Gasteiger charge is 2.31. The highest BCUT2D eigenvalue weighted by Crippen LogP contribution is 2.39. The van der Waals surface area contributed by atoms with Gasteiger partial charge in [0.1, 0.15) is 11.2 Å². The van der Waals surface area contributed by atoms with Gasteiger partial charge < -0.3 is 4.74 Å². The van der Waals surface area contributed by atoms with Crippen LogP contribution in [0.2, 0.25) is 0 Å². The maximum absolute atomic E-state index is 6.00. The fourth-order valence-corrected chi connectivity index (χ4v) is 5.63. The Balaban J connectivity index is 1.55. The van der Waals surface area contributed by atoms with Crippen LogP contribution in [0.1, 0.15) is 62.7 Å². The van der Waals surface area contributed by atoms with Crippen molar-refractivity contribution in [1.29, 1.82) is 0 Å². The lowest BCUT2D eigenvalue weighted by molar-refractivity contribution is -0.0379. The zero-order chi connectivity index (χ0) is 18.6. The summed E-state index contributed by atoms with van der Waals surface area (Å²) >= 11 is 1.74. The number of ether oxygens (including phenoxy) is 1. The lowest BCUT2D eigenvalue weighted by Gasteiger charge is -2.34. The summed E-state index contributed by atoms with van der Waals surface area (Å²) in [6.45, 7) is 9.26. The van der Waals surface area contributed by atoms with E-state index in [9.17, 15) is 0 Å². The summed E-state index contributed by atoms with van der Waals surface area (Å²) in [7, 11) is 0. The van der Waals surface area contributed by atoms with Crippen LogP contribution in [-0.4, -0.2) is 42.7 Å². The summed E-state index contributed by atoms with van der Waals surface area (Å²) < 4.78 is 7.87. The van der Waals surface area contributed by atoms with Crippen LogP contribution in [0.15, 0.2) is 6.33 Å². The molecule has 7 heteroatoms. The van der Waals surface area contributed by atoms with Gasteiger partial charge in [-0.1, -0.05) is 13.3 Å². The molecule has 0 amide bonds. The highest BCUT2D eigenvalue weighted by atomic mass is 32.1. The summed E-state index contributed by atoms with van der Waals surface area (Å²) in [5.41, 5.74) is 2.17. The molecule has 0 spiro atoms. The van der Waals surface area contributed by atoms with Crippen molar-refractivity contribution in [3.8, 4) is 0 Å². The Morgan fingerprint density at radius 3 is 3.07 bits per heavy atom. The van der Waals surface area contributed by atoms with Crippen molar-refractivity contribution in [2.45, 2.75) is 77.7 Å². The van der Waals surface area contributed by atoms with Crippen LogP contribution in [0.5, 0.6) is 0 Å². The molecule has 3 aromatic heterocycles. The molecule has 1 fully saturated rings. The second-order valence-corrected chi connectivity index (χ2v) is 9.56. The second kappa shape index (κ2) is 6.50. The summed E-state index contributed by atoms with van der Waals surface area (Å²) in [5.74, 6) is 0.913. The first-order valence-corrected chi connectivity index (χ1v) is 10.9. The van der Waals surface area contributed by atoms with Crippen LogP contribution in [-0.2, 0) is 24.3 Å². The number of hydrogen-bond acceptors (Lipinski definition) is 6. The highest BCUT2D eigenvalue weighted by molar-refractivity contribution is 7.19. The topological polar surface area (TPSA) is 55.6 Å². The fraction of sp³-hybridized carbons (Fsp3) is 0.650. The van der Waals surface area contributed by atoms with Crippen molar-refractivity contribution in [3.63, 3.8) is 0 Å². The summed E-state index contributed by atoms with van der Waals surface area (Å²) in [6.07, 6.45) is 7.83. The minimum absolute atomic E-state index is 0.140. The van der Waals surface area contributed by atoms with E-state index in [0.29, 0.717) is 12.6 Å². The number of aromatic nitrogens is 4. The summed E-state index contributed by atoms with van der Waals surface area (Å²) in [6, 6.07) is 0.662. The Hall–Kier alpha value is -1.57. The maximum Gasteiger partial charge on any atom is 0.168 e. The fourth-order valence-electron chi connectivity index (χ4n) is 4.57. The summed E-state index contributed by atoms with van der Waals surface area (Å²) in [5, 5.41) is 5.94. The number of hydrogen-bond donors (Lipinski definition) is 0. The average molecular weight is 386 g/mol. The molecule has 0 aromatic carbocycles. The van der Waals surface area contributed by atoms with E-state index >= 15 is 0 Å². The number of piperidine rings is 1. The van der Waals surface area contributed by atoms with Crippen molar-refractivity contribution in [2.24, 2.45) is 0 Å². The average Bonchev–Trinajstić information content (AvgIpc) is 3.21. The number of likely N-dealkylation sites (tertiary alicyclic amines) is 1. The molecule has 27 heavy (non-hydrogen) atoms. The van der Waals surface area contributed by atoms with E-state index in [1.54, 1.807) is 11.3 Å². The van der Waals surface area contributed by atoms with Crippen LogP contribution in [0.3, 0.4) is 0 Å². The molecule has 1 saturated heterocycles. The summed E-state index contributed by atoms with van der Waals surface area (Å²) in [4.78, 5) is 14.5. The predicted molar refractivity (Wildman–Crippen MR) is 107 cm³/mol. The van der Waals surface area contributed by atoms with Gasteiger partial charge >= 0.3 is 0 Å². The van der Waals surface area contributed by atoms with Gasteiger partial charge in [0.15, 0.2) is 11.5 Å². The van der Waals surface area contributed by atoms with Crippen LogP contribution < -0.4 is 0 Å². The smallest absolute Gasteiger partial charge is 0.168 e. The van der Waals surface area contributed by atoms with Gasteiger partial charge in [-0.2, -0.15) is 0 Å². The normalized spacial score (nSPS) is 23.1. The Morgan fingerprint density at radius 1 is 1.33 bits per heavy atom. The Kier molecular flexibility index (Phi) is 4.22. The zero-order valence-electron chi connectivity index (χ0n) is 16.4. The Bertz CT molecular complexity index is 991. The molecule has 0 aliphatic carbocycles. The molecule has 0 radical (unpaired) electrons. The van der Waals surface area contributed by atoms with E-state index in [-0.39, 0.29) is 5.60 Å². The van der Waals surface area contributed by atoms with Crippen LogP contribution in [0.4, 0.5) is 0 Å². The van der Waals surface area contributed by atoms with Crippen LogP contribution >= 0.6 is 11.3 Å². The van der Waals surface area contributed by atoms with Gasteiger partial charge in [-0.25, -0.2) is 14.5 Å². The minimum atomic E-state index is -0.140. The lowest BCUT2D eigenvalue weighted by atomic mass is 9.94. The molecule has 6 nitrogen and oxygen atoms in total. The molecule has 0 unspecified atom stereocenters. The third-order valence-electron chi connectivity index (χ3n) is 6.02. The first kappa shape index (κ1) is 17.5. The van der Waals surface area contributed by atoms with E-state index in [1.807, 2.05) is 10.8 Å². The van der Waals surface area contributed by atoms with Gasteiger partial charge in [-0.15, -0.1) is 16.4 Å². The number of nitrogens with zero attached hydrogens (tertiary/aromatic N) is 5. The molecule has 0 saturated carbocycles. The monoisotopic (exact) mass is 385 g/mol.